The minimum Gasteiger partial charge on any atom is -0.355 e. The summed E-state index contributed by atoms with van der Waals surface area (Å²) in [6.07, 6.45) is 1.99. The quantitative estimate of drug-likeness (QED) is 0.914. The highest BCUT2D eigenvalue weighted by Crippen LogP contribution is 2.34. The predicted molar refractivity (Wildman–Crippen MR) is 85.1 cm³/mol. The molecule has 0 bridgehead atoms. The van der Waals surface area contributed by atoms with Crippen LogP contribution in [0, 0.1) is 5.92 Å². The van der Waals surface area contributed by atoms with Crippen molar-refractivity contribution in [1.29, 1.82) is 0 Å². The summed E-state index contributed by atoms with van der Waals surface area (Å²) < 4.78 is 1.12. The van der Waals surface area contributed by atoms with E-state index in [-0.39, 0.29) is 0 Å². The maximum Gasteiger partial charge on any atom is 0.0917 e. The van der Waals surface area contributed by atoms with Gasteiger partial charge in [-0.3, -0.25) is 0 Å². The van der Waals surface area contributed by atoms with E-state index in [1.165, 1.54) is 5.56 Å². The highest BCUT2D eigenvalue weighted by Gasteiger charge is 2.23. The molecule has 0 aliphatic carbocycles. The van der Waals surface area contributed by atoms with Crippen LogP contribution in [0.25, 0.3) is 0 Å². The summed E-state index contributed by atoms with van der Waals surface area (Å²) in [5.41, 5.74) is 2.38. The first-order valence-corrected chi connectivity index (χ1v) is 7.59. The Morgan fingerprint density at radius 1 is 1.42 bits per heavy atom. The first-order valence-electron chi connectivity index (χ1n) is 6.79. The molecule has 104 valence electrons. The molecule has 3 nitrogen and oxygen atoms in total. The van der Waals surface area contributed by atoms with Crippen LogP contribution in [0.3, 0.4) is 0 Å². The fraction of sp³-hybridized carbons (Fsp3) is 0.533. The van der Waals surface area contributed by atoms with Gasteiger partial charge in [-0.15, -0.1) is 0 Å². The van der Waals surface area contributed by atoms with E-state index in [0.29, 0.717) is 18.0 Å². The van der Waals surface area contributed by atoms with Gasteiger partial charge >= 0.3 is 0 Å². The predicted octanol–water partition coefficient (Wildman–Crippen LogP) is 3.73. The number of halogens is 1. The maximum atomic E-state index is 4.56. The third-order valence-electron chi connectivity index (χ3n) is 4.09. The summed E-state index contributed by atoms with van der Waals surface area (Å²) >= 11 is 3.54. The van der Waals surface area contributed by atoms with Crippen molar-refractivity contribution in [3.8, 4) is 0 Å². The molecule has 0 fully saturated rings. The molecule has 1 N–H and O–H groups in total. The van der Waals surface area contributed by atoms with Crippen molar-refractivity contribution >= 4 is 28.0 Å². The third-order valence-corrected chi connectivity index (χ3v) is 4.58. The van der Waals surface area contributed by atoms with Crippen LogP contribution in [0.2, 0.25) is 0 Å². The van der Waals surface area contributed by atoms with Gasteiger partial charge in [-0.2, -0.15) is 0 Å². The highest BCUT2D eigenvalue weighted by atomic mass is 79.9. The van der Waals surface area contributed by atoms with Gasteiger partial charge in [-0.05, 0) is 45.0 Å². The highest BCUT2D eigenvalue weighted by molar-refractivity contribution is 9.10. The molecule has 0 radical (unpaired) electrons. The molecule has 1 aromatic carbocycles. The van der Waals surface area contributed by atoms with Crippen LogP contribution in [0.5, 0.6) is 0 Å². The molecule has 4 heteroatoms. The molecule has 1 aliphatic heterocycles. The van der Waals surface area contributed by atoms with Crippen molar-refractivity contribution in [3.05, 3.63) is 28.2 Å². The Bertz CT molecular complexity index is 472. The lowest BCUT2D eigenvalue weighted by Gasteiger charge is -2.35. The summed E-state index contributed by atoms with van der Waals surface area (Å²) in [6, 6.07) is 7.17. The molecule has 0 amide bonds. The van der Waals surface area contributed by atoms with E-state index in [9.17, 15) is 0 Å². The van der Waals surface area contributed by atoms with Gasteiger partial charge < -0.3 is 10.2 Å². The van der Waals surface area contributed by atoms with Crippen LogP contribution in [-0.4, -0.2) is 30.9 Å². The molecule has 0 aromatic heterocycles. The summed E-state index contributed by atoms with van der Waals surface area (Å²) in [4.78, 5) is 6.89. The molecular weight excluding hydrogens is 302 g/mol. The number of hydrogen-bond acceptors (Lipinski definition) is 3. The van der Waals surface area contributed by atoms with Gasteiger partial charge in [0, 0.05) is 22.6 Å². The zero-order valence-corrected chi connectivity index (χ0v) is 13.6. The van der Waals surface area contributed by atoms with E-state index in [1.807, 2.05) is 19.5 Å². The molecule has 3 unspecified atom stereocenters. The summed E-state index contributed by atoms with van der Waals surface area (Å²) in [5, 5.41) is 3.32. The second-order valence-corrected chi connectivity index (χ2v) is 6.29. The average molecular weight is 324 g/mol. The van der Waals surface area contributed by atoms with Crippen molar-refractivity contribution in [1.82, 2.24) is 10.2 Å². The topological polar surface area (TPSA) is 27.6 Å². The van der Waals surface area contributed by atoms with E-state index < -0.39 is 0 Å². The van der Waals surface area contributed by atoms with Crippen molar-refractivity contribution in [2.45, 2.75) is 32.9 Å². The smallest absolute Gasteiger partial charge is 0.0917 e. The first-order chi connectivity index (χ1) is 9.02. The van der Waals surface area contributed by atoms with E-state index in [1.54, 1.807) is 0 Å². The number of nitrogens with one attached hydrogen (secondary N) is 1. The number of rotatable bonds is 4. The monoisotopic (exact) mass is 323 g/mol. The number of fused-ring (bicyclic) bond motifs is 1. The lowest BCUT2D eigenvalue weighted by molar-refractivity contribution is 0.266. The molecule has 0 saturated heterocycles. The number of nitrogens with zero attached hydrogens (tertiary/aromatic N) is 2. The first kappa shape index (κ1) is 14.5. The Hall–Kier alpha value is -0.870. The van der Waals surface area contributed by atoms with Gasteiger partial charge in [0.05, 0.1) is 18.1 Å². The Morgan fingerprint density at radius 2 is 2.16 bits per heavy atom. The van der Waals surface area contributed by atoms with Gasteiger partial charge in [-0.25, -0.2) is 4.99 Å². The number of benzene rings is 1. The van der Waals surface area contributed by atoms with Crippen LogP contribution in [0.1, 0.15) is 32.4 Å². The molecule has 1 aromatic rings. The maximum absolute atomic E-state index is 4.56. The fourth-order valence-electron chi connectivity index (χ4n) is 2.37. The Kier molecular flexibility index (Phi) is 4.63. The van der Waals surface area contributed by atoms with Crippen LogP contribution in [0.15, 0.2) is 27.7 Å². The van der Waals surface area contributed by atoms with Crippen molar-refractivity contribution in [2.24, 2.45) is 10.9 Å². The van der Waals surface area contributed by atoms with Gasteiger partial charge in [0.25, 0.3) is 0 Å². The van der Waals surface area contributed by atoms with Gasteiger partial charge in [-0.1, -0.05) is 22.9 Å². The zero-order chi connectivity index (χ0) is 14.0. The Labute approximate surface area is 124 Å². The Morgan fingerprint density at radius 3 is 2.84 bits per heavy atom. The van der Waals surface area contributed by atoms with Crippen LogP contribution >= 0.6 is 15.9 Å². The van der Waals surface area contributed by atoms with E-state index in [4.69, 9.17) is 0 Å². The van der Waals surface area contributed by atoms with Crippen molar-refractivity contribution in [3.63, 3.8) is 0 Å². The van der Waals surface area contributed by atoms with Gasteiger partial charge in [0.1, 0.15) is 0 Å². The molecule has 0 spiro atoms. The molecule has 1 aliphatic rings. The standard InChI is InChI=1S/C15H22BrN3/c1-10(11(2)17-4)8-19-9-18-15-6-5-13(16)7-14(15)12(19)3/h5-7,9-12,17H,8H2,1-4H3. The molecular formula is C15H22BrN3. The van der Waals surface area contributed by atoms with Crippen LogP contribution < -0.4 is 5.32 Å². The van der Waals surface area contributed by atoms with Crippen molar-refractivity contribution < 1.29 is 0 Å². The van der Waals surface area contributed by atoms with E-state index >= 15 is 0 Å². The summed E-state index contributed by atoms with van der Waals surface area (Å²) in [7, 11) is 2.02. The lowest BCUT2D eigenvalue weighted by Crippen LogP contribution is -2.39. The Balaban J connectivity index is 2.15. The van der Waals surface area contributed by atoms with Gasteiger partial charge in [0.2, 0.25) is 0 Å². The normalized spacial score (nSPS) is 21.1. The second-order valence-electron chi connectivity index (χ2n) is 5.38. The number of aliphatic imine (C=N–C) groups is 1. The SMILES string of the molecule is CNC(C)C(C)CN1C=Nc2ccc(Br)cc2C1C. The van der Waals surface area contributed by atoms with Gasteiger partial charge in [0.15, 0.2) is 0 Å². The fourth-order valence-corrected chi connectivity index (χ4v) is 2.75. The zero-order valence-electron chi connectivity index (χ0n) is 12.0. The molecule has 1 heterocycles. The molecule has 2 rings (SSSR count). The van der Waals surface area contributed by atoms with Crippen LogP contribution in [-0.2, 0) is 0 Å². The van der Waals surface area contributed by atoms with Crippen molar-refractivity contribution in [2.75, 3.05) is 13.6 Å². The molecule has 19 heavy (non-hydrogen) atoms. The number of hydrogen-bond donors (Lipinski definition) is 1. The lowest BCUT2D eigenvalue weighted by atomic mass is 9.99. The van der Waals surface area contributed by atoms with Crippen LogP contribution in [0.4, 0.5) is 5.69 Å². The summed E-state index contributed by atoms with van der Waals surface area (Å²) in [6.45, 7) is 7.75. The summed E-state index contributed by atoms with van der Waals surface area (Å²) in [5.74, 6) is 0.576. The van der Waals surface area contributed by atoms with E-state index in [0.717, 1.165) is 16.7 Å². The third kappa shape index (κ3) is 3.18. The minimum atomic E-state index is 0.372. The average Bonchev–Trinajstić information content (AvgIpc) is 2.41. The largest absolute Gasteiger partial charge is 0.355 e. The molecule has 0 saturated carbocycles. The molecule has 3 atom stereocenters. The minimum absolute atomic E-state index is 0.372. The second kappa shape index (κ2) is 6.06. The van der Waals surface area contributed by atoms with E-state index in [2.05, 4.69) is 64.0 Å².